The third kappa shape index (κ3) is 4.24. The van der Waals surface area contributed by atoms with Crippen LogP contribution in [0.1, 0.15) is 31.2 Å². The van der Waals surface area contributed by atoms with E-state index in [1.54, 1.807) is 4.90 Å². The van der Waals surface area contributed by atoms with Crippen LogP contribution in [0.15, 0.2) is 30.3 Å². The van der Waals surface area contributed by atoms with Gasteiger partial charge in [0.1, 0.15) is 6.61 Å². The van der Waals surface area contributed by atoms with Gasteiger partial charge in [0.25, 0.3) is 0 Å². The third-order valence-electron chi connectivity index (χ3n) is 4.93. The molecule has 1 aromatic rings. The van der Waals surface area contributed by atoms with Crippen LogP contribution in [-0.4, -0.2) is 35.2 Å². The van der Waals surface area contributed by atoms with Crippen LogP contribution < -0.4 is 0 Å². The van der Waals surface area contributed by atoms with Crippen molar-refractivity contribution >= 4 is 12.1 Å². The van der Waals surface area contributed by atoms with Crippen LogP contribution in [-0.2, 0) is 16.1 Å². The monoisotopic (exact) mass is 317 g/mol. The Bertz CT molecular complexity index is 555. The van der Waals surface area contributed by atoms with E-state index in [1.165, 1.54) is 0 Å². The van der Waals surface area contributed by atoms with Gasteiger partial charge in [-0.05, 0) is 42.6 Å². The molecule has 1 N–H and O–H groups in total. The van der Waals surface area contributed by atoms with Crippen molar-refractivity contribution in [2.75, 3.05) is 13.1 Å². The number of carboxylic acid groups (broad SMARTS) is 1. The van der Waals surface area contributed by atoms with Gasteiger partial charge in [-0.1, -0.05) is 30.3 Å². The molecule has 1 aromatic carbocycles. The first-order chi connectivity index (χ1) is 11.1. The molecule has 2 fully saturated rings. The maximum atomic E-state index is 12.3. The number of benzene rings is 1. The number of aliphatic carboxylic acids is 1. The lowest BCUT2D eigenvalue weighted by atomic mass is 9.80. The van der Waals surface area contributed by atoms with Gasteiger partial charge < -0.3 is 14.7 Å². The number of carbonyl (C=O) groups excluding carboxylic acids is 1. The zero-order valence-corrected chi connectivity index (χ0v) is 13.2. The summed E-state index contributed by atoms with van der Waals surface area (Å²) < 4.78 is 5.40. The smallest absolute Gasteiger partial charge is 0.410 e. The second-order valence-electron chi connectivity index (χ2n) is 6.63. The summed E-state index contributed by atoms with van der Waals surface area (Å²) in [5, 5.41) is 9.07. The Morgan fingerprint density at radius 1 is 1.17 bits per heavy atom. The summed E-state index contributed by atoms with van der Waals surface area (Å²) in [6, 6.07) is 9.63. The number of ether oxygens (including phenoxy) is 1. The fraction of sp³-hybridized carbons (Fsp3) is 0.556. The van der Waals surface area contributed by atoms with Crippen molar-refractivity contribution in [3.63, 3.8) is 0 Å². The third-order valence-corrected chi connectivity index (χ3v) is 4.93. The second-order valence-corrected chi connectivity index (χ2v) is 6.63. The number of piperidine rings is 1. The number of hydrogen-bond acceptors (Lipinski definition) is 3. The molecule has 0 aromatic heterocycles. The molecule has 0 spiro atoms. The Morgan fingerprint density at radius 3 is 2.57 bits per heavy atom. The number of hydrogen-bond donors (Lipinski definition) is 1. The molecular weight excluding hydrogens is 294 g/mol. The SMILES string of the molecule is O=C(O)C[C@@H]1CCN(C(=O)OCc2ccccc2)C[C@@H]1C1CC1. The molecule has 3 rings (SSSR count). The van der Waals surface area contributed by atoms with Crippen molar-refractivity contribution in [2.45, 2.75) is 32.3 Å². The van der Waals surface area contributed by atoms with E-state index in [4.69, 9.17) is 9.84 Å². The van der Waals surface area contributed by atoms with Crippen molar-refractivity contribution < 1.29 is 19.4 Å². The van der Waals surface area contributed by atoms with Crippen LogP contribution in [0.3, 0.4) is 0 Å². The highest BCUT2D eigenvalue weighted by Crippen LogP contribution is 2.44. The molecule has 5 heteroatoms. The molecule has 2 atom stereocenters. The summed E-state index contributed by atoms with van der Waals surface area (Å²) in [6.07, 6.45) is 3.01. The van der Waals surface area contributed by atoms with Gasteiger partial charge in [0.05, 0.1) is 0 Å². The van der Waals surface area contributed by atoms with Crippen LogP contribution in [0.4, 0.5) is 4.79 Å². The highest BCUT2D eigenvalue weighted by Gasteiger charge is 2.41. The predicted octanol–water partition coefficient (Wildman–Crippen LogP) is 3.15. The number of nitrogens with zero attached hydrogens (tertiary/aromatic N) is 1. The second kappa shape index (κ2) is 7.02. The Morgan fingerprint density at radius 2 is 1.91 bits per heavy atom. The Kier molecular flexibility index (Phi) is 4.84. The standard InChI is InChI=1S/C18H23NO4/c20-17(21)10-15-8-9-19(11-16(15)14-6-7-14)18(22)23-12-13-4-2-1-3-5-13/h1-5,14-16H,6-12H2,(H,20,21)/t15-,16+/m0/s1. The van der Waals surface area contributed by atoms with Crippen LogP contribution in [0.2, 0.25) is 0 Å². The molecule has 23 heavy (non-hydrogen) atoms. The lowest BCUT2D eigenvalue weighted by Gasteiger charge is -2.37. The van der Waals surface area contributed by atoms with Crippen LogP contribution in [0.5, 0.6) is 0 Å². The maximum Gasteiger partial charge on any atom is 0.410 e. The molecule has 0 radical (unpaired) electrons. The fourth-order valence-electron chi connectivity index (χ4n) is 3.54. The van der Waals surface area contributed by atoms with Crippen LogP contribution >= 0.6 is 0 Å². The average molecular weight is 317 g/mol. The molecule has 1 aliphatic heterocycles. The quantitative estimate of drug-likeness (QED) is 0.906. The van der Waals surface area contributed by atoms with E-state index in [0.717, 1.165) is 24.8 Å². The number of carbonyl (C=O) groups is 2. The molecule has 124 valence electrons. The molecule has 2 aliphatic rings. The molecule has 0 bridgehead atoms. The van der Waals surface area contributed by atoms with Crippen molar-refractivity contribution in [1.82, 2.24) is 4.90 Å². The lowest BCUT2D eigenvalue weighted by Crippen LogP contribution is -2.45. The van der Waals surface area contributed by atoms with E-state index in [9.17, 15) is 9.59 Å². The predicted molar refractivity (Wildman–Crippen MR) is 84.8 cm³/mol. The molecule has 1 saturated carbocycles. The Labute approximate surface area is 136 Å². The van der Waals surface area contributed by atoms with Crippen molar-refractivity contribution in [2.24, 2.45) is 17.8 Å². The molecule has 1 heterocycles. The van der Waals surface area contributed by atoms with Crippen molar-refractivity contribution in [1.29, 1.82) is 0 Å². The van der Waals surface area contributed by atoms with Gasteiger partial charge in [0.15, 0.2) is 0 Å². The van der Waals surface area contributed by atoms with Gasteiger partial charge in [-0.25, -0.2) is 4.79 Å². The minimum absolute atomic E-state index is 0.193. The first-order valence-electron chi connectivity index (χ1n) is 8.31. The highest BCUT2D eigenvalue weighted by atomic mass is 16.6. The minimum Gasteiger partial charge on any atom is -0.481 e. The summed E-state index contributed by atoms with van der Waals surface area (Å²) in [5.74, 6) is 0.354. The highest BCUT2D eigenvalue weighted by molar-refractivity contribution is 5.68. The summed E-state index contributed by atoms with van der Waals surface area (Å²) in [5.41, 5.74) is 0.973. The van der Waals surface area contributed by atoms with Gasteiger partial charge >= 0.3 is 12.1 Å². The number of amides is 1. The van der Waals surface area contributed by atoms with Gasteiger partial charge in [-0.3, -0.25) is 4.79 Å². The van der Waals surface area contributed by atoms with E-state index in [-0.39, 0.29) is 25.0 Å². The van der Waals surface area contributed by atoms with Crippen molar-refractivity contribution in [3.8, 4) is 0 Å². The Hall–Kier alpha value is -2.04. The normalized spacial score (nSPS) is 24.3. The zero-order valence-electron chi connectivity index (χ0n) is 13.2. The van der Waals surface area contributed by atoms with E-state index < -0.39 is 5.97 Å². The molecule has 5 nitrogen and oxygen atoms in total. The Balaban J connectivity index is 1.54. The first kappa shape index (κ1) is 15.8. The van der Waals surface area contributed by atoms with Gasteiger partial charge in [0.2, 0.25) is 0 Å². The largest absolute Gasteiger partial charge is 0.481 e. The molecule has 1 amide bonds. The van der Waals surface area contributed by atoms with E-state index >= 15 is 0 Å². The lowest BCUT2D eigenvalue weighted by molar-refractivity contribution is -0.139. The minimum atomic E-state index is -0.735. The van der Waals surface area contributed by atoms with E-state index in [2.05, 4.69) is 0 Å². The molecule has 1 saturated heterocycles. The molecule has 0 unspecified atom stereocenters. The van der Waals surface area contributed by atoms with Crippen LogP contribution in [0, 0.1) is 17.8 Å². The average Bonchev–Trinajstić information content (AvgIpc) is 3.38. The maximum absolute atomic E-state index is 12.3. The number of likely N-dealkylation sites (tertiary alicyclic amines) is 1. The van der Waals surface area contributed by atoms with Gasteiger partial charge in [0, 0.05) is 19.5 Å². The first-order valence-corrected chi connectivity index (χ1v) is 8.31. The van der Waals surface area contributed by atoms with E-state index in [1.807, 2.05) is 30.3 Å². The number of carboxylic acids is 1. The molecule has 1 aliphatic carbocycles. The topological polar surface area (TPSA) is 66.8 Å². The van der Waals surface area contributed by atoms with Gasteiger partial charge in [-0.15, -0.1) is 0 Å². The van der Waals surface area contributed by atoms with Gasteiger partial charge in [-0.2, -0.15) is 0 Å². The summed E-state index contributed by atoms with van der Waals surface area (Å²) in [4.78, 5) is 25.1. The summed E-state index contributed by atoms with van der Waals surface area (Å²) in [7, 11) is 0. The van der Waals surface area contributed by atoms with Crippen molar-refractivity contribution in [3.05, 3.63) is 35.9 Å². The summed E-state index contributed by atoms with van der Waals surface area (Å²) in [6.45, 7) is 1.51. The fourth-order valence-corrected chi connectivity index (χ4v) is 3.54. The van der Waals surface area contributed by atoms with E-state index in [0.29, 0.717) is 24.9 Å². The zero-order chi connectivity index (χ0) is 16.2. The number of rotatable bonds is 5. The molecular formula is C18H23NO4. The summed E-state index contributed by atoms with van der Waals surface area (Å²) >= 11 is 0. The van der Waals surface area contributed by atoms with Crippen LogP contribution in [0.25, 0.3) is 0 Å².